The van der Waals surface area contributed by atoms with Gasteiger partial charge in [-0.15, -0.1) is 0 Å². The minimum Gasteiger partial charge on any atom is -0.389 e. The molecule has 1 unspecified atom stereocenters. The van der Waals surface area contributed by atoms with Crippen molar-refractivity contribution in [1.82, 2.24) is 14.9 Å². The normalized spacial score (nSPS) is 16.3. The average molecular weight is 304 g/mol. The van der Waals surface area contributed by atoms with E-state index in [0.29, 0.717) is 29.7 Å². The smallest absolute Gasteiger partial charge is 0.222 e. The molecule has 2 aromatic rings. The number of hydrogen-bond acceptors (Lipinski definition) is 5. The van der Waals surface area contributed by atoms with Crippen LogP contribution in [-0.4, -0.2) is 51.6 Å². The van der Waals surface area contributed by atoms with E-state index in [-0.39, 0.29) is 19.0 Å². The molecule has 1 saturated heterocycles. The monoisotopic (exact) mass is 304 g/mol. The highest BCUT2D eigenvalue weighted by Gasteiger charge is 2.22. The van der Waals surface area contributed by atoms with Crippen molar-refractivity contribution in [2.24, 2.45) is 0 Å². The summed E-state index contributed by atoms with van der Waals surface area (Å²) in [6, 6.07) is 4.63. The molecule has 116 valence electrons. The van der Waals surface area contributed by atoms with Crippen LogP contribution in [0, 0.1) is 5.82 Å². The molecule has 1 amide bonds. The number of aromatic nitrogens is 2. The third kappa shape index (κ3) is 2.99. The molecule has 6 nitrogen and oxygen atoms in total. The van der Waals surface area contributed by atoms with Crippen molar-refractivity contribution in [1.29, 1.82) is 0 Å². The number of aliphatic hydroxyl groups is 1. The second kappa shape index (κ2) is 6.23. The van der Waals surface area contributed by atoms with Crippen LogP contribution in [0.1, 0.15) is 12.8 Å². The molecule has 2 N–H and O–H groups in total. The van der Waals surface area contributed by atoms with Gasteiger partial charge in [-0.2, -0.15) is 0 Å². The van der Waals surface area contributed by atoms with Gasteiger partial charge in [-0.3, -0.25) is 4.79 Å². The molecule has 0 bridgehead atoms. The van der Waals surface area contributed by atoms with Crippen molar-refractivity contribution in [3.8, 4) is 0 Å². The Balaban J connectivity index is 1.67. The van der Waals surface area contributed by atoms with Crippen LogP contribution in [0.15, 0.2) is 24.5 Å². The number of amides is 1. The Bertz CT molecular complexity index is 689. The molecule has 1 atom stereocenters. The van der Waals surface area contributed by atoms with Crippen LogP contribution in [0.3, 0.4) is 0 Å². The summed E-state index contributed by atoms with van der Waals surface area (Å²) in [5, 5.41) is 13.3. The number of nitrogens with one attached hydrogen (secondary N) is 1. The molecule has 7 heteroatoms. The van der Waals surface area contributed by atoms with Crippen LogP contribution in [0.4, 0.5) is 10.2 Å². The summed E-state index contributed by atoms with van der Waals surface area (Å²) in [6.45, 7) is 1.14. The summed E-state index contributed by atoms with van der Waals surface area (Å²) in [5.41, 5.74) is 0.502. The largest absolute Gasteiger partial charge is 0.389 e. The van der Waals surface area contributed by atoms with Crippen LogP contribution in [-0.2, 0) is 4.79 Å². The van der Waals surface area contributed by atoms with E-state index in [0.717, 1.165) is 6.42 Å². The predicted octanol–water partition coefficient (Wildman–Crippen LogP) is 1.16. The van der Waals surface area contributed by atoms with Gasteiger partial charge in [0.15, 0.2) is 0 Å². The van der Waals surface area contributed by atoms with E-state index in [1.165, 1.54) is 12.4 Å². The van der Waals surface area contributed by atoms with Crippen molar-refractivity contribution >= 4 is 22.6 Å². The van der Waals surface area contributed by atoms with Gasteiger partial charge >= 0.3 is 0 Å². The van der Waals surface area contributed by atoms with Gasteiger partial charge in [-0.05, 0) is 18.6 Å². The lowest BCUT2D eigenvalue weighted by atomic mass is 10.2. The number of likely N-dealkylation sites (tertiary alicyclic amines) is 1. The number of aliphatic hydroxyl groups excluding tert-OH is 1. The molecular formula is C15H17FN4O2. The highest BCUT2D eigenvalue weighted by atomic mass is 19.1. The quantitative estimate of drug-likeness (QED) is 0.867. The zero-order chi connectivity index (χ0) is 15.5. The lowest BCUT2D eigenvalue weighted by Crippen LogP contribution is -2.36. The molecule has 2 heterocycles. The number of anilines is 1. The molecule has 1 aliphatic heterocycles. The summed E-state index contributed by atoms with van der Waals surface area (Å²) in [7, 11) is 0. The molecule has 1 fully saturated rings. The number of hydrogen-bond donors (Lipinski definition) is 2. The highest BCUT2D eigenvalue weighted by Crippen LogP contribution is 2.22. The Labute approximate surface area is 127 Å². The van der Waals surface area contributed by atoms with E-state index in [1.54, 1.807) is 17.0 Å². The second-order valence-electron chi connectivity index (χ2n) is 5.33. The van der Waals surface area contributed by atoms with Gasteiger partial charge in [0, 0.05) is 26.1 Å². The van der Waals surface area contributed by atoms with Crippen molar-refractivity contribution < 1.29 is 14.3 Å². The first-order valence-corrected chi connectivity index (χ1v) is 7.24. The molecule has 0 aliphatic carbocycles. The fourth-order valence-electron chi connectivity index (χ4n) is 2.63. The van der Waals surface area contributed by atoms with Gasteiger partial charge in [0.1, 0.15) is 18.0 Å². The first kappa shape index (κ1) is 14.6. The fourth-order valence-corrected chi connectivity index (χ4v) is 2.63. The topological polar surface area (TPSA) is 78.4 Å². The molecule has 0 saturated carbocycles. The van der Waals surface area contributed by atoms with Gasteiger partial charge in [-0.25, -0.2) is 14.4 Å². The van der Waals surface area contributed by atoms with Crippen molar-refractivity contribution in [2.45, 2.75) is 18.9 Å². The van der Waals surface area contributed by atoms with Gasteiger partial charge in [0.25, 0.3) is 0 Å². The number of carbonyl (C=O) groups excluding carboxylic acids is 1. The Hall–Kier alpha value is -2.28. The summed E-state index contributed by atoms with van der Waals surface area (Å²) >= 11 is 0. The number of halogens is 1. The van der Waals surface area contributed by atoms with E-state index in [4.69, 9.17) is 0 Å². The van der Waals surface area contributed by atoms with Crippen LogP contribution in [0.5, 0.6) is 0 Å². The molecule has 0 spiro atoms. The lowest BCUT2D eigenvalue weighted by Gasteiger charge is -2.20. The molecule has 1 aromatic heterocycles. The van der Waals surface area contributed by atoms with Crippen LogP contribution in [0.25, 0.3) is 10.9 Å². The number of benzene rings is 1. The minimum absolute atomic E-state index is 0.0672. The first-order valence-electron chi connectivity index (χ1n) is 7.24. The van der Waals surface area contributed by atoms with Gasteiger partial charge in [0.05, 0.1) is 17.0 Å². The first-order chi connectivity index (χ1) is 10.6. The molecular weight excluding hydrogens is 287 g/mol. The molecule has 1 aromatic carbocycles. The Morgan fingerprint density at radius 1 is 1.41 bits per heavy atom. The van der Waals surface area contributed by atoms with Crippen molar-refractivity contribution in [2.75, 3.05) is 25.0 Å². The third-order valence-electron chi connectivity index (χ3n) is 3.72. The van der Waals surface area contributed by atoms with Crippen LogP contribution < -0.4 is 5.32 Å². The summed E-state index contributed by atoms with van der Waals surface area (Å²) < 4.78 is 13.9. The van der Waals surface area contributed by atoms with E-state index in [9.17, 15) is 14.3 Å². The zero-order valence-corrected chi connectivity index (χ0v) is 12.0. The van der Waals surface area contributed by atoms with Crippen molar-refractivity contribution in [3.05, 3.63) is 30.3 Å². The summed E-state index contributed by atoms with van der Waals surface area (Å²) in [4.78, 5) is 21.2. The number of carbonyl (C=O) groups is 1. The summed E-state index contributed by atoms with van der Waals surface area (Å²) in [6.07, 6.45) is 1.99. The predicted molar refractivity (Wildman–Crippen MR) is 79.8 cm³/mol. The maximum absolute atomic E-state index is 13.9. The zero-order valence-electron chi connectivity index (χ0n) is 12.0. The molecule has 22 heavy (non-hydrogen) atoms. The lowest BCUT2D eigenvalue weighted by molar-refractivity contribution is -0.128. The average Bonchev–Trinajstić information content (AvgIpc) is 2.90. The highest BCUT2D eigenvalue weighted by molar-refractivity contribution is 5.89. The SMILES string of the molecule is O=C1CCCN1CC(O)CNc1ncnc2cccc(F)c12. The van der Waals surface area contributed by atoms with E-state index >= 15 is 0 Å². The number of nitrogens with zero attached hydrogens (tertiary/aromatic N) is 3. The molecule has 1 aliphatic rings. The number of fused-ring (bicyclic) bond motifs is 1. The van der Waals surface area contributed by atoms with Crippen LogP contribution >= 0.6 is 0 Å². The Morgan fingerprint density at radius 3 is 3.05 bits per heavy atom. The third-order valence-corrected chi connectivity index (χ3v) is 3.72. The number of β-amino-alcohol motifs (C(OH)–C–C–N with tert-alkyl or cyclic N) is 1. The van der Waals surface area contributed by atoms with Gasteiger partial charge < -0.3 is 15.3 Å². The standard InChI is InChI=1S/C15H17FN4O2/c16-11-3-1-4-12-14(11)15(19-9-18-12)17-7-10(21)8-20-6-2-5-13(20)22/h1,3-4,9-10,21H,2,5-8H2,(H,17,18,19). The van der Waals surface area contributed by atoms with E-state index < -0.39 is 11.9 Å². The Morgan fingerprint density at radius 2 is 2.27 bits per heavy atom. The number of rotatable bonds is 5. The van der Waals surface area contributed by atoms with Gasteiger partial charge in [0.2, 0.25) is 5.91 Å². The minimum atomic E-state index is -0.737. The fraction of sp³-hybridized carbons (Fsp3) is 0.400. The summed E-state index contributed by atoms with van der Waals surface area (Å²) in [5.74, 6) is -0.00251. The van der Waals surface area contributed by atoms with Gasteiger partial charge in [-0.1, -0.05) is 6.07 Å². The maximum Gasteiger partial charge on any atom is 0.222 e. The van der Waals surface area contributed by atoms with E-state index in [1.807, 2.05) is 0 Å². The molecule has 0 radical (unpaired) electrons. The van der Waals surface area contributed by atoms with Crippen molar-refractivity contribution in [3.63, 3.8) is 0 Å². The maximum atomic E-state index is 13.9. The van der Waals surface area contributed by atoms with Crippen LogP contribution in [0.2, 0.25) is 0 Å². The molecule has 3 rings (SSSR count). The Kier molecular flexibility index (Phi) is 4.15. The second-order valence-corrected chi connectivity index (χ2v) is 5.33. The van der Waals surface area contributed by atoms with E-state index in [2.05, 4.69) is 15.3 Å².